The number of hydrogen-bond acceptors (Lipinski definition) is 3. The third kappa shape index (κ3) is 4.71. The smallest absolute Gasteiger partial charge is 0.159 e. The Kier molecular flexibility index (Phi) is 6.73. The van der Waals surface area contributed by atoms with E-state index < -0.39 is 0 Å². The van der Waals surface area contributed by atoms with Gasteiger partial charge in [0.2, 0.25) is 0 Å². The van der Waals surface area contributed by atoms with Crippen molar-refractivity contribution >= 4 is 46.6 Å². The summed E-state index contributed by atoms with van der Waals surface area (Å²) in [5.74, 6) is 1.15. The normalized spacial score (nSPS) is 10.8. The van der Waals surface area contributed by atoms with Gasteiger partial charge in [0.25, 0.3) is 0 Å². The highest BCUT2D eigenvalue weighted by Gasteiger charge is 1.93. The van der Waals surface area contributed by atoms with E-state index in [1.807, 2.05) is 6.92 Å². The molecule has 0 bridgehead atoms. The average molecular weight is 324 g/mol. The lowest BCUT2D eigenvalue weighted by molar-refractivity contribution is 0.475. The first kappa shape index (κ1) is 13.6. The summed E-state index contributed by atoms with van der Waals surface area (Å²) < 4.78 is 0. The number of phenolic OH excluding ortho intramolecular Hbond substituents is 1. The van der Waals surface area contributed by atoms with Crippen LogP contribution in [0.15, 0.2) is 29.3 Å². The van der Waals surface area contributed by atoms with Gasteiger partial charge in [0.1, 0.15) is 5.75 Å². The van der Waals surface area contributed by atoms with Crippen LogP contribution >= 0.6 is 35.7 Å². The number of hydrogen-bond donors (Lipinski definition) is 2. The lowest BCUT2D eigenvalue weighted by Gasteiger charge is -1.97. The predicted octanol–water partition coefficient (Wildman–Crippen LogP) is 2.71. The minimum absolute atomic E-state index is 0. The fourth-order valence-corrected chi connectivity index (χ4v) is 1.30. The van der Waals surface area contributed by atoms with Crippen molar-refractivity contribution in [3.05, 3.63) is 24.3 Å². The number of thioether (sulfide) groups is 1. The molecule has 0 aliphatic carbocycles. The van der Waals surface area contributed by atoms with Gasteiger partial charge < -0.3 is 10.8 Å². The van der Waals surface area contributed by atoms with Crippen LogP contribution in [0.4, 0.5) is 5.69 Å². The summed E-state index contributed by atoms with van der Waals surface area (Å²) in [7, 11) is 0. The predicted molar refractivity (Wildman–Crippen MR) is 72.9 cm³/mol. The van der Waals surface area contributed by atoms with Crippen LogP contribution < -0.4 is 5.73 Å². The van der Waals surface area contributed by atoms with Crippen molar-refractivity contribution in [3.8, 4) is 5.75 Å². The summed E-state index contributed by atoms with van der Waals surface area (Å²) in [6.07, 6.45) is 0. The van der Waals surface area contributed by atoms with E-state index in [4.69, 9.17) is 10.8 Å². The first-order valence-electron chi connectivity index (χ1n) is 3.98. The number of amidine groups is 1. The largest absolute Gasteiger partial charge is 0.508 e. The molecule has 3 nitrogen and oxygen atoms in total. The number of nitrogens with zero attached hydrogens (tertiary/aromatic N) is 1. The van der Waals surface area contributed by atoms with Gasteiger partial charge in [0, 0.05) is 0 Å². The molecule has 78 valence electrons. The van der Waals surface area contributed by atoms with Gasteiger partial charge in [-0.3, -0.25) is 0 Å². The highest BCUT2D eigenvalue weighted by atomic mass is 127. The zero-order valence-electron chi connectivity index (χ0n) is 7.80. The average Bonchev–Trinajstić information content (AvgIpc) is 2.09. The van der Waals surface area contributed by atoms with Crippen molar-refractivity contribution < 1.29 is 5.11 Å². The standard InChI is InChI=1S/C9H12N2OS.HI/c1-2-13-9(10)11-7-3-5-8(12)6-4-7;/h3-6,12H,2H2,1H3,(H2,10,11);1H. The summed E-state index contributed by atoms with van der Waals surface area (Å²) in [5, 5.41) is 9.56. The van der Waals surface area contributed by atoms with Crippen molar-refractivity contribution in [3.63, 3.8) is 0 Å². The van der Waals surface area contributed by atoms with Crippen molar-refractivity contribution in [2.75, 3.05) is 5.75 Å². The number of aliphatic imine (C=N–C) groups is 1. The van der Waals surface area contributed by atoms with Gasteiger partial charge in [0.05, 0.1) is 5.69 Å². The Bertz CT molecular complexity index is 300. The van der Waals surface area contributed by atoms with Gasteiger partial charge in [-0.2, -0.15) is 0 Å². The van der Waals surface area contributed by atoms with E-state index in [9.17, 15) is 0 Å². The zero-order chi connectivity index (χ0) is 9.68. The number of aromatic hydroxyl groups is 1. The van der Waals surface area contributed by atoms with Gasteiger partial charge in [-0.05, 0) is 30.0 Å². The van der Waals surface area contributed by atoms with E-state index in [-0.39, 0.29) is 29.7 Å². The fourth-order valence-electron chi connectivity index (χ4n) is 0.835. The Morgan fingerprint density at radius 3 is 2.50 bits per heavy atom. The second kappa shape index (κ2) is 6.94. The maximum atomic E-state index is 9.01. The highest BCUT2D eigenvalue weighted by molar-refractivity contribution is 14.0. The molecule has 5 heteroatoms. The first-order chi connectivity index (χ1) is 6.22. The SMILES string of the molecule is CCSC(N)=Nc1ccc(O)cc1.I. The molecule has 1 aromatic carbocycles. The lowest BCUT2D eigenvalue weighted by atomic mass is 10.3. The summed E-state index contributed by atoms with van der Waals surface area (Å²) in [4.78, 5) is 4.14. The van der Waals surface area contributed by atoms with E-state index in [0.29, 0.717) is 5.17 Å². The Labute approximate surface area is 105 Å². The van der Waals surface area contributed by atoms with Crippen molar-refractivity contribution in [1.29, 1.82) is 0 Å². The second-order valence-corrected chi connectivity index (χ2v) is 3.68. The second-order valence-electron chi connectivity index (χ2n) is 2.40. The molecule has 1 rings (SSSR count). The summed E-state index contributed by atoms with van der Waals surface area (Å²) >= 11 is 1.50. The summed E-state index contributed by atoms with van der Waals surface area (Å²) in [6, 6.07) is 6.61. The highest BCUT2D eigenvalue weighted by Crippen LogP contribution is 2.17. The minimum atomic E-state index is 0. The van der Waals surface area contributed by atoms with Crippen LogP contribution in [0, 0.1) is 0 Å². The number of benzene rings is 1. The van der Waals surface area contributed by atoms with E-state index in [1.54, 1.807) is 24.3 Å². The maximum absolute atomic E-state index is 9.01. The van der Waals surface area contributed by atoms with Crippen LogP contribution in [-0.4, -0.2) is 16.0 Å². The quantitative estimate of drug-likeness (QED) is 0.500. The topological polar surface area (TPSA) is 58.6 Å². The van der Waals surface area contributed by atoms with Crippen LogP contribution in [0.1, 0.15) is 6.92 Å². The molecular weight excluding hydrogens is 311 g/mol. The fraction of sp³-hybridized carbons (Fsp3) is 0.222. The van der Waals surface area contributed by atoms with E-state index in [2.05, 4.69) is 4.99 Å². The summed E-state index contributed by atoms with van der Waals surface area (Å²) in [5.41, 5.74) is 6.37. The van der Waals surface area contributed by atoms with Crippen LogP contribution in [0.5, 0.6) is 5.75 Å². The third-order valence-electron chi connectivity index (χ3n) is 1.38. The Balaban J connectivity index is 0.00000169. The molecule has 0 heterocycles. The molecule has 0 saturated heterocycles. The molecule has 0 saturated carbocycles. The molecule has 1 aromatic rings. The summed E-state index contributed by atoms with van der Waals surface area (Å²) in [6.45, 7) is 2.02. The molecule has 14 heavy (non-hydrogen) atoms. The zero-order valence-corrected chi connectivity index (χ0v) is 11.0. The van der Waals surface area contributed by atoms with Crippen molar-refractivity contribution in [2.45, 2.75) is 6.92 Å². The monoisotopic (exact) mass is 324 g/mol. The molecule has 3 N–H and O–H groups in total. The maximum Gasteiger partial charge on any atom is 0.159 e. The Morgan fingerprint density at radius 2 is 2.00 bits per heavy atom. The van der Waals surface area contributed by atoms with Crippen LogP contribution in [0.3, 0.4) is 0 Å². The molecular formula is C9H13IN2OS. The van der Waals surface area contributed by atoms with Crippen molar-refractivity contribution in [1.82, 2.24) is 0 Å². The Hall–Kier alpha value is -0.430. The molecule has 0 spiro atoms. The van der Waals surface area contributed by atoms with Gasteiger partial charge in [0.15, 0.2) is 5.17 Å². The molecule has 0 amide bonds. The third-order valence-corrected chi connectivity index (χ3v) is 2.06. The number of rotatable bonds is 2. The van der Waals surface area contributed by atoms with Gasteiger partial charge >= 0.3 is 0 Å². The van der Waals surface area contributed by atoms with Crippen LogP contribution in [-0.2, 0) is 0 Å². The Morgan fingerprint density at radius 1 is 1.43 bits per heavy atom. The van der Waals surface area contributed by atoms with Crippen LogP contribution in [0.2, 0.25) is 0 Å². The molecule has 0 fully saturated rings. The van der Waals surface area contributed by atoms with E-state index >= 15 is 0 Å². The van der Waals surface area contributed by atoms with Gasteiger partial charge in [-0.25, -0.2) is 4.99 Å². The molecule has 0 atom stereocenters. The number of nitrogens with two attached hydrogens (primary N) is 1. The van der Waals surface area contributed by atoms with Gasteiger partial charge in [-0.15, -0.1) is 24.0 Å². The van der Waals surface area contributed by atoms with Gasteiger partial charge in [-0.1, -0.05) is 18.7 Å². The van der Waals surface area contributed by atoms with Crippen molar-refractivity contribution in [2.24, 2.45) is 10.7 Å². The molecule has 0 aliphatic rings. The minimum Gasteiger partial charge on any atom is -0.508 e. The lowest BCUT2D eigenvalue weighted by Crippen LogP contribution is -2.05. The molecule has 0 radical (unpaired) electrons. The number of phenols is 1. The van der Waals surface area contributed by atoms with E-state index in [1.165, 1.54) is 11.8 Å². The molecule has 0 unspecified atom stereocenters. The number of halogens is 1. The van der Waals surface area contributed by atoms with Crippen LogP contribution in [0.25, 0.3) is 0 Å². The first-order valence-corrected chi connectivity index (χ1v) is 4.97. The van der Waals surface area contributed by atoms with E-state index in [0.717, 1.165) is 11.4 Å². The molecule has 0 aliphatic heterocycles. The molecule has 0 aromatic heterocycles.